The van der Waals surface area contributed by atoms with Gasteiger partial charge in [0.15, 0.2) is 0 Å². The number of carbonyl (C=O) groups excluding carboxylic acids is 2. The van der Waals surface area contributed by atoms with Gasteiger partial charge in [-0.1, -0.05) is 42.5 Å². The third-order valence-corrected chi connectivity index (χ3v) is 9.09. The fraction of sp³-hybridized carbons (Fsp3) is 0.278. The maximum atomic E-state index is 14.5. The molecular formula is C36H40FN3O6S. The van der Waals surface area contributed by atoms with E-state index in [0.29, 0.717) is 23.7 Å². The molecule has 9 nitrogen and oxygen atoms in total. The molecule has 1 N–H and O–H groups in total. The summed E-state index contributed by atoms with van der Waals surface area (Å²) in [5.74, 6) is -0.510. The van der Waals surface area contributed by atoms with E-state index in [0.717, 1.165) is 34.1 Å². The van der Waals surface area contributed by atoms with Crippen LogP contribution in [0.3, 0.4) is 0 Å². The fourth-order valence-corrected chi connectivity index (χ4v) is 6.45. The summed E-state index contributed by atoms with van der Waals surface area (Å²) in [5.41, 5.74) is 1.70. The Labute approximate surface area is 276 Å². The number of nitrogens with one attached hydrogen (secondary N) is 1. The van der Waals surface area contributed by atoms with E-state index >= 15 is 0 Å². The van der Waals surface area contributed by atoms with E-state index in [1.165, 1.54) is 12.0 Å². The van der Waals surface area contributed by atoms with Crippen LogP contribution in [-0.4, -0.2) is 57.5 Å². The highest BCUT2D eigenvalue weighted by molar-refractivity contribution is 7.92. The zero-order valence-electron chi connectivity index (χ0n) is 26.9. The molecule has 0 spiro atoms. The van der Waals surface area contributed by atoms with Crippen LogP contribution in [0.4, 0.5) is 10.1 Å². The predicted molar refractivity (Wildman–Crippen MR) is 179 cm³/mol. The maximum absolute atomic E-state index is 14.5. The van der Waals surface area contributed by atoms with Crippen molar-refractivity contribution in [1.29, 1.82) is 0 Å². The monoisotopic (exact) mass is 661 g/mol. The number of halogens is 1. The van der Waals surface area contributed by atoms with Gasteiger partial charge in [-0.15, -0.1) is 0 Å². The van der Waals surface area contributed by atoms with Crippen molar-refractivity contribution in [1.82, 2.24) is 10.2 Å². The number of amides is 2. The van der Waals surface area contributed by atoms with Crippen LogP contribution >= 0.6 is 0 Å². The quantitative estimate of drug-likeness (QED) is 0.178. The van der Waals surface area contributed by atoms with Gasteiger partial charge in [-0.3, -0.25) is 13.9 Å². The summed E-state index contributed by atoms with van der Waals surface area (Å²) in [6.45, 7) is 5.25. The van der Waals surface area contributed by atoms with Gasteiger partial charge < -0.3 is 19.7 Å². The second kappa shape index (κ2) is 16.1. The molecule has 0 aromatic heterocycles. The number of nitrogens with zero attached hydrogens (tertiary/aromatic N) is 2. The van der Waals surface area contributed by atoms with E-state index in [1.54, 1.807) is 42.5 Å². The number of hydrogen-bond acceptors (Lipinski definition) is 6. The minimum atomic E-state index is -4.37. The van der Waals surface area contributed by atoms with Gasteiger partial charge in [0.1, 0.15) is 29.9 Å². The summed E-state index contributed by atoms with van der Waals surface area (Å²) in [5, 5.41) is 2.93. The Morgan fingerprint density at radius 1 is 0.851 bits per heavy atom. The Hall–Kier alpha value is -4.90. The molecule has 0 heterocycles. The number of ether oxygens (including phenoxy) is 2. The van der Waals surface area contributed by atoms with E-state index in [-0.39, 0.29) is 35.5 Å². The summed E-state index contributed by atoms with van der Waals surface area (Å²) >= 11 is 0. The summed E-state index contributed by atoms with van der Waals surface area (Å²) in [6.07, 6.45) is 0.183. The smallest absolute Gasteiger partial charge is 0.264 e. The molecule has 0 fully saturated rings. The van der Waals surface area contributed by atoms with Crippen LogP contribution in [0.2, 0.25) is 0 Å². The fourth-order valence-electron chi connectivity index (χ4n) is 5.04. The first-order valence-electron chi connectivity index (χ1n) is 15.3. The third-order valence-electron chi connectivity index (χ3n) is 7.31. The second-order valence-corrected chi connectivity index (χ2v) is 13.0. The van der Waals surface area contributed by atoms with Crippen LogP contribution in [0.25, 0.3) is 0 Å². The van der Waals surface area contributed by atoms with Gasteiger partial charge in [0.25, 0.3) is 10.0 Å². The molecule has 0 bridgehead atoms. The van der Waals surface area contributed by atoms with Gasteiger partial charge in [-0.25, -0.2) is 12.8 Å². The zero-order chi connectivity index (χ0) is 34.0. The van der Waals surface area contributed by atoms with Gasteiger partial charge in [-0.2, -0.15) is 0 Å². The van der Waals surface area contributed by atoms with Crippen molar-refractivity contribution in [2.24, 2.45) is 0 Å². The number of methoxy groups -OCH3 is 1. The Morgan fingerprint density at radius 3 is 2.13 bits per heavy atom. The first-order valence-corrected chi connectivity index (χ1v) is 16.7. The van der Waals surface area contributed by atoms with Crippen LogP contribution in [-0.2, 0) is 32.6 Å². The summed E-state index contributed by atoms with van der Waals surface area (Å²) < 4.78 is 53.9. The molecule has 4 rings (SSSR count). The van der Waals surface area contributed by atoms with Gasteiger partial charge in [-0.05, 0) is 92.6 Å². The van der Waals surface area contributed by atoms with E-state index in [2.05, 4.69) is 5.32 Å². The number of rotatable bonds is 15. The van der Waals surface area contributed by atoms with Crippen molar-refractivity contribution in [3.05, 3.63) is 120 Å². The molecule has 4 aromatic rings. The van der Waals surface area contributed by atoms with Crippen molar-refractivity contribution in [3.63, 3.8) is 0 Å². The van der Waals surface area contributed by atoms with Crippen LogP contribution in [0.15, 0.2) is 108 Å². The standard InChI is InChI=1S/C36H40FN3O6S/c1-5-46-31-18-16-30(17-19-31)40(47(43,44)33-20-14-29(37)15-21-33)25-35(41)39(24-28-12-9-13-32(22-28)45-4)34(36(42)38-26(2)3)23-27-10-7-6-8-11-27/h6-22,26,34H,5,23-25H2,1-4H3,(H,38,42)/t34-/m0/s1. The molecule has 2 amide bonds. The van der Waals surface area contributed by atoms with E-state index in [9.17, 15) is 22.4 Å². The molecule has 1 atom stereocenters. The highest BCUT2D eigenvalue weighted by atomic mass is 32.2. The normalized spacial score (nSPS) is 11.9. The summed E-state index contributed by atoms with van der Waals surface area (Å²) in [7, 11) is -2.84. The molecule has 0 aliphatic rings. The molecule has 248 valence electrons. The average Bonchev–Trinajstić information content (AvgIpc) is 3.06. The van der Waals surface area contributed by atoms with Crippen molar-refractivity contribution >= 4 is 27.5 Å². The largest absolute Gasteiger partial charge is 0.497 e. The number of sulfonamides is 1. The van der Waals surface area contributed by atoms with E-state index in [4.69, 9.17) is 9.47 Å². The average molecular weight is 662 g/mol. The van der Waals surface area contributed by atoms with Gasteiger partial charge in [0, 0.05) is 19.0 Å². The van der Waals surface area contributed by atoms with E-state index in [1.807, 2.05) is 57.2 Å². The van der Waals surface area contributed by atoms with Gasteiger partial charge in [0.2, 0.25) is 11.8 Å². The molecular weight excluding hydrogens is 621 g/mol. The van der Waals surface area contributed by atoms with Crippen molar-refractivity contribution in [3.8, 4) is 11.5 Å². The lowest BCUT2D eigenvalue weighted by Gasteiger charge is -2.34. The first-order chi connectivity index (χ1) is 22.5. The predicted octanol–water partition coefficient (Wildman–Crippen LogP) is 5.59. The van der Waals surface area contributed by atoms with Gasteiger partial charge in [0.05, 0.1) is 24.3 Å². The van der Waals surface area contributed by atoms with Crippen LogP contribution in [0.5, 0.6) is 11.5 Å². The minimum Gasteiger partial charge on any atom is -0.497 e. The Bertz CT molecular complexity index is 1730. The zero-order valence-corrected chi connectivity index (χ0v) is 27.7. The lowest BCUT2D eigenvalue weighted by atomic mass is 10.0. The van der Waals surface area contributed by atoms with E-state index < -0.39 is 34.3 Å². The minimum absolute atomic E-state index is 0.00718. The molecule has 0 saturated heterocycles. The Kier molecular flexibility index (Phi) is 12.0. The number of hydrogen-bond donors (Lipinski definition) is 1. The highest BCUT2D eigenvalue weighted by Gasteiger charge is 2.35. The molecule has 47 heavy (non-hydrogen) atoms. The van der Waals surface area contributed by atoms with Crippen molar-refractivity contribution in [2.75, 3.05) is 24.6 Å². The number of benzene rings is 4. The Balaban J connectivity index is 1.81. The van der Waals surface area contributed by atoms with Gasteiger partial charge >= 0.3 is 0 Å². The lowest BCUT2D eigenvalue weighted by Crippen LogP contribution is -2.54. The van der Waals surface area contributed by atoms with Crippen molar-refractivity contribution < 1.29 is 31.9 Å². The summed E-state index contributed by atoms with van der Waals surface area (Å²) in [4.78, 5) is 29.6. The maximum Gasteiger partial charge on any atom is 0.264 e. The van der Waals surface area contributed by atoms with Crippen LogP contribution < -0.4 is 19.1 Å². The SMILES string of the molecule is CCOc1ccc(N(CC(=O)N(Cc2cccc(OC)c2)[C@@H](Cc2ccccc2)C(=O)NC(C)C)S(=O)(=O)c2ccc(F)cc2)cc1. The first kappa shape index (κ1) is 35.0. The molecule has 4 aromatic carbocycles. The van der Waals surface area contributed by atoms with Crippen LogP contribution in [0, 0.1) is 5.82 Å². The molecule has 11 heteroatoms. The molecule has 0 radical (unpaired) electrons. The second-order valence-electron chi connectivity index (χ2n) is 11.1. The summed E-state index contributed by atoms with van der Waals surface area (Å²) in [6, 6.07) is 25.9. The number of carbonyl (C=O) groups is 2. The Morgan fingerprint density at radius 2 is 1.51 bits per heavy atom. The molecule has 0 aliphatic heterocycles. The lowest BCUT2D eigenvalue weighted by molar-refractivity contribution is -0.140. The molecule has 0 saturated carbocycles. The molecule has 0 unspecified atom stereocenters. The third kappa shape index (κ3) is 9.32. The number of anilines is 1. The molecule has 0 aliphatic carbocycles. The van der Waals surface area contributed by atoms with Crippen LogP contribution in [0.1, 0.15) is 31.9 Å². The topological polar surface area (TPSA) is 105 Å². The van der Waals surface area contributed by atoms with Crippen molar-refractivity contribution in [2.45, 2.75) is 50.7 Å². The highest BCUT2D eigenvalue weighted by Crippen LogP contribution is 2.27.